The van der Waals surface area contributed by atoms with Gasteiger partial charge in [0.05, 0.1) is 9.82 Å². The number of nitro benzene ring substituents is 1. The standard InChI is InChI=1S/C6H5NO4S.Na.H/c8-7(9)5-1-3-6(4-2-5)12(10)11;;/h1-4H,(H,10,11);;/q;+1;-1. The third-order valence-electron chi connectivity index (χ3n) is 1.25. The summed E-state index contributed by atoms with van der Waals surface area (Å²) in [6.07, 6.45) is 0. The van der Waals surface area contributed by atoms with Crippen LogP contribution < -0.4 is 29.6 Å². The van der Waals surface area contributed by atoms with E-state index in [1.54, 1.807) is 0 Å². The van der Waals surface area contributed by atoms with Gasteiger partial charge in [0.25, 0.3) is 5.69 Å². The summed E-state index contributed by atoms with van der Waals surface area (Å²) in [5.74, 6) is 0. The molecule has 0 fully saturated rings. The van der Waals surface area contributed by atoms with Crippen molar-refractivity contribution in [3.8, 4) is 0 Å². The molecule has 0 heterocycles. The zero-order valence-corrected chi connectivity index (χ0v) is 9.65. The van der Waals surface area contributed by atoms with Crippen LogP contribution >= 0.6 is 0 Å². The number of hydrogen-bond donors (Lipinski definition) is 1. The molecule has 7 heteroatoms. The normalized spacial score (nSPS) is 11.5. The molecule has 0 aliphatic carbocycles. The number of hydrogen-bond acceptors (Lipinski definition) is 3. The van der Waals surface area contributed by atoms with Crippen molar-refractivity contribution >= 4 is 16.8 Å². The number of nitro groups is 1. The number of nitrogens with zero attached hydrogens (tertiary/aromatic N) is 1. The van der Waals surface area contributed by atoms with Crippen molar-refractivity contribution < 1.29 is 44.7 Å². The van der Waals surface area contributed by atoms with Gasteiger partial charge in [-0.1, -0.05) is 0 Å². The fraction of sp³-hybridized carbons (Fsp3) is 0. The maximum atomic E-state index is 10.4. The van der Waals surface area contributed by atoms with Crippen molar-refractivity contribution in [3.05, 3.63) is 34.4 Å². The predicted octanol–water partition coefficient (Wildman–Crippen LogP) is -1.71. The van der Waals surface area contributed by atoms with Crippen molar-refractivity contribution in [1.29, 1.82) is 0 Å². The molecule has 1 atom stereocenters. The molecule has 66 valence electrons. The molecule has 0 aliphatic rings. The Kier molecular flexibility index (Phi) is 5.34. The fourth-order valence-electron chi connectivity index (χ4n) is 0.684. The minimum absolute atomic E-state index is 0. The summed E-state index contributed by atoms with van der Waals surface area (Å²) < 4.78 is 19.0. The number of non-ortho nitro benzene ring substituents is 1. The smallest absolute Gasteiger partial charge is 1.00 e. The third kappa shape index (κ3) is 3.53. The van der Waals surface area contributed by atoms with Crippen LogP contribution in [0.3, 0.4) is 0 Å². The van der Waals surface area contributed by atoms with Crippen LogP contribution in [0.2, 0.25) is 0 Å². The maximum absolute atomic E-state index is 10.4. The Balaban J connectivity index is 0. The zero-order valence-electron chi connectivity index (χ0n) is 7.84. The van der Waals surface area contributed by atoms with Crippen molar-refractivity contribution in [2.24, 2.45) is 0 Å². The SMILES string of the molecule is O=[N+]([O-])c1ccc(S(=O)O)cc1.[H-].[Na+]. The molecule has 0 aromatic heterocycles. The first-order valence-electron chi connectivity index (χ1n) is 2.96. The summed E-state index contributed by atoms with van der Waals surface area (Å²) in [6, 6.07) is 4.86. The molecule has 0 bridgehead atoms. The van der Waals surface area contributed by atoms with Crippen LogP contribution in [-0.4, -0.2) is 13.7 Å². The average molecular weight is 211 g/mol. The summed E-state index contributed by atoms with van der Waals surface area (Å²) in [5, 5.41) is 10.1. The second-order valence-electron chi connectivity index (χ2n) is 2.00. The molecule has 0 aliphatic heterocycles. The quantitative estimate of drug-likeness (QED) is 0.273. The van der Waals surface area contributed by atoms with Gasteiger partial charge in [-0.3, -0.25) is 10.1 Å². The van der Waals surface area contributed by atoms with Crippen molar-refractivity contribution in [3.63, 3.8) is 0 Å². The summed E-state index contributed by atoms with van der Waals surface area (Å²) in [6.45, 7) is 0. The largest absolute Gasteiger partial charge is 1.00 e. The molecule has 0 saturated carbocycles. The molecular weight excluding hydrogens is 205 g/mol. The Bertz CT molecular complexity index is 298. The zero-order chi connectivity index (χ0) is 9.14. The monoisotopic (exact) mass is 211 g/mol. The van der Waals surface area contributed by atoms with Gasteiger partial charge in [-0.15, -0.1) is 0 Å². The maximum Gasteiger partial charge on any atom is 1.00 e. The molecule has 0 spiro atoms. The van der Waals surface area contributed by atoms with Gasteiger partial charge in [0, 0.05) is 12.1 Å². The molecular formula is C6H6NNaO4S. The number of rotatable bonds is 2. The van der Waals surface area contributed by atoms with E-state index < -0.39 is 16.0 Å². The van der Waals surface area contributed by atoms with E-state index in [0.29, 0.717) is 0 Å². The van der Waals surface area contributed by atoms with Crippen LogP contribution in [0, 0.1) is 10.1 Å². The first-order valence-corrected chi connectivity index (χ1v) is 4.07. The van der Waals surface area contributed by atoms with Gasteiger partial charge in [-0.05, 0) is 12.1 Å². The van der Waals surface area contributed by atoms with E-state index in [2.05, 4.69) is 0 Å². The van der Waals surface area contributed by atoms with Crippen molar-refractivity contribution in [2.75, 3.05) is 0 Å². The van der Waals surface area contributed by atoms with Crippen molar-refractivity contribution in [2.45, 2.75) is 4.90 Å². The van der Waals surface area contributed by atoms with Gasteiger partial charge in [0.2, 0.25) is 0 Å². The van der Waals surface area contributed by atoms with Crippen LogP contribution in [0.4, 0.5) is 5.69 Å². The van der Waals surface area contributed by atoms with Gasteiger partial charge < -0.3 is 5.98 Å². The van der Waals surface area contributed by atoms with Gasteiger partial charge in [0.1, 0.15) is 0 Å². The van der Waals surface area contributed by atoms with E-state index in [1.807, 2.05) is 0 Å². The summed E-state index contributed by atoms with van der Waals surface area (Å²) in [5.41, 5.74) is -0.0933. The summed E-state index contributed by atoms with van der Waals surface area (Å²) in [4.78, 5) is 9.74. The molecule has 1 aromatic rings. The van der Waals surface area contributed by atoms with Gasteiger partial charge in [-0.2, -0.15) is 0 Å². The summed E-state index contributed by atoms with van der Waals surface area (Å²) >= 11 is -2.07. The Morgan fingerprint density at radius 2 is 1.85 bits per heavy atom. The van der Waals surface area contributed by atoms with Crippen LogP contribution in [0.25, 0.3) is 0 Å². The average Bonchev–Trinajstić information content (AvgIpc) is 2.04. The van der Waals surface area contributed by atoms with Gasteiger partial charge in [-0.25, -0.2) is 4.21 Å². The Morgan fingerprint density at radius 3 is 2.15 bits per heavy atom. The first kappa shape index (κ1) is 12.7. The Hall–Kier alpha value is -0.270. The van der Waals surface area contributed by atoms with Crippen LogP contribution in [0.1, 0.15) is 1.43 Å². The van der Waals surface area contributed by atoms with E-state index in [9.17, 15) is 14.3 Å². The Labute approximate surface area is 100 Å². The van der Waals surface area contributed by atoms with Crippen LogP contribution in [0.15, 0.2) is 29.2 Å². The van der Waals surface area contributed by atoms with E-state index in [0.717, 1.165) is 0 Å². The molecule has 5 nitrogen and oxygen atoms in total. The molecule has 1 N–H and O–H groups in total. The fourth-order valence-corrected chi connectivity index (χ4v) is 1.05. The van der Waals surface area contributed by atoms with Crippen LogP contribution in [-0.2, 0) is 11.1 Å². The predicted molar refractivity (Wildman–Crippen MR) is 43.2 cm³/mol. The minimum Gasteiger partial charge on any atom is -1.00 e. The van der Waals surface area contributed by atoms with Crippen molar-refractivity contribution in [1.82, 2.24) is 0 Å². The second kappa shape index (κ2) is 5.46. The third-order valence-corrected chi connectivity index (χ3v) is 1.92. The van der Waals surface area contributed by atoms with Gasteiger partial charge in [0.15, 0.2) is 11.1 Å². The topological polar surface area (TPSA) is 80.4 Å². The number of benzene rings is 1. The molecule has 0 saturated heterocycles. The molecule has 0 radical (unpaired) electrons. The van der Waals surface area contributed by atoms with E-state index in [-0.39, 0.29) is 41.6 Å². The second-order valence-corrected chi connectivity index (χ2v) is 2.97. The van der Waals surface area contributed by atoms with E-state index in [1.165, 1.54) is 24.3 Å². The molecule has 0 amide bonds. The van der Waals surface area contributed by atoms with E-state index in [4.69, 9.17) is 4.55 Å². The molecule has 13 heavy (non-hydrogen) atoms. The van der Waals surface area contributed by atoms with Gasteiger partial charge >= 0.3 is 29.6 Å². The molecule has 1 rings (SSSR count). The first-order chi connectivity index (χ1) is 5.61. The van der Waals surface area contributed by atoms with E-state index >= 15 is 0 Å². The minimum atomic E-state index is -2.07. The molecule has 1 unspecified atom stereocenters. The summed E-state index contributed by atoms with van der Waals surface area (Å²) in [7, 11) is 0. The van der Waals surface area contributed by atoms with Crippen LogP contribution in [0.5, 0.6) is 0 Å². The molecule has 1 aromatic carbocycles. The Morgan fingerprint density at radius 1 is 1.38 bits per heavy atom.